The second kappa shape index (κ2) is 6.33. The van der Waals surface area contributed by atoms with Crippen molar-refractivity contribution in [3.63, 3.8) is 0 Å². The van der Waals surface area contributed by atoms with Crippen molar-refractivity contribution < 1.29 is 23.0 Å². The summed E-state index contributed by atoms with van der Waals surface area (Å²) in [5, 5.41) is 0.168. The van der Waals surface area contributed by atoms with Crippen molar-refractivity contribution in [3.8, 4) is 5.75 Å². The van der Waals surface area contributed by atoms with Gasteiger partial charge in [-0.3, -0.25) is 0 Å². The molecule has 4 aliphatic rings. The Balaban J connectivity index is 1.54. The second-order valence-electron chi connectivity index (χ2n) is 9.47. The lowest BCUT2D eigenvalue weighted by Crippen LogP contribution is -2.56. The van der Waals surface area contributed by atoms with Gasteiger partial charge >= 0.3 is 5.97 Å². The largest absolute Gasteiger partial charge is 0.488 e. The number of halogens is 3. The minimum absolute atomic E-state index is 0.144. The predicted molar refractivity (Wildman–Crippen MR) is 98.4 cm³/mol. The van der Waals surface area contributed by atoms with Crippen molar-refractivity contribution in [2.45, 2.75) is 70.2 Å². The molecule has 2 atom stereocenters. The molecule has 4 fully saturated rings. The van der Waals surface area contributed by atoms with E-state index in [2.05, 4.69) is 0 Å². The summed E-state index contributed by atoms with van der Waals surface area (Å²) in [5.74, 6) is -0.547. The van der Waals surface area contributed by atoms with Gasteiger partial charge in [-0.05, 0) is 76.7 Å². The minimum atomic E-state index is -1.05. The third-order valence-electron chi connectivity index (χ3n) is 6.02. The van der Waals surface area contributed by atoms with Crippen LogP contribution in [-0.2, 0) is 4.74 Å². The van der Waals surface area contributed by atoms with Gasteiger partial charge < -0.3 is 9.47 Å². The standard InChI is InChI=1S/C21H25ClF2O3/c1-20(2,3)27-19(25)14-6-15(22)17(7-16(14)23)26-18-12-4-11-5-13(18)10-21(24,8-11)9-12/h6-7,11-13,18H,4-5,8-10H2,1-3H3/t11?,12?,13?,18-,21+. The summed E-state index contributed by atoms with van der Waals surface area (Å²) in [7, 11) is 0. The number of benzene rings is 1. The molecular weight excluding hydrogens is 374 g/mol. The van der Waals surface area contributed by atoms with Crippen LogP contribution in [0.25, 0.3) is 0 Å². The maximum absolute atomic E-state index is 14.8. The number of carbonyl (C=O) groups is 1. The normalized spacial score (nSPS) is 34.6. The molecule has 5 rings (SSSR count). The van der Waals surface area contributed by atoms with Crippen LogP contribution in [-0.4, -0.2) is 23.3 Å². The van der Waals surface area contributed by atoms with Crippen LogP contribution in [0.1, 0.15) is 63.2 Å². The Bertz CT molecular complexity index is 757. The number of carbonyl (C=O) groups excluding carboxylic acids is 1. The highest BCUT2D eigenvalue weighted by Gasteiger charge is 2.57. The van der Waals surface area contributed by atoms with Crippen LogP contribution in [0.2, 0.25) is 5.02 Å². The summed E-state index contributed by atoms with van der Waals surface area (Å²) in [6.07, 6.45) is 3.48. The van der Waals surface area contributed by atoms with Gasteiger partial charge in [-0.15, -0.1) is 0 Å². The molecule has 0 spiro atoms. The van der Waals surface area contributed by atoms with Crippen LogP contribution in [0, 0.1) is 23.6 Å². The Hall–Kier alpha value is -1.36. The van der Waals surface area contributed by atoms with Crippen LogP contribution >= 0.6 is 11.6 Å². The molecule has 1 aromatic rings. The molecule has 27 heavy (non-hydrogen) atoms. The first-order valence-corrected chi connectivity index (χ1v) is 9.99. The van der Waals surface area contributed by atoms with Crippen LogP contribution in [0.15, 0.2) is 12.1 Å². The summed E-state index contributed by atoms with van der Waals surface area (Å²) < 4.78 is 40.7. The molecule has 3 nitrogen and oxygen atoms in total. The average Bonchev–Trinajstić information content (AvgIpc) is 2.50. The number of rotatable bonds is 3. The van der Waals surface area contributed by atoms with E-state index in [1.54, 1.807) is 20.8 Å². The Morgan fingerprint density at radius 3 is 2.37 bits per heavy atom. The molecule has 0 N–H and O–H groups in total. The first-order chi connectivity index (χ1) is 12.5. The summed E-state index contributed by atoms with van der Waals surface area (Å²) in [5.41, 5.74) is -1.99. The maximum Gasteiger partial charge on any atom is 0.341 e. The zero-order chi connectivity index (χ0) is 19.6. The molecule has 0 heterocycles. The SMILES string of the molecule is CC(C)(C)OC(=O)c1cc(Cl)c(O[C@H]2C3CC4CC2C[C@@](F)(C4)C3)cc1F. The Kier molecular flexibility index (Phi) is 4.45. The molecule has 0 amide bonds. The zero-order valence-corrected chi connectivity index (χ0v) is 16.6. The average molecular weight is 399 g/mol. The van der Waals surface area contributed by atoms with E-state index < -0.39 is 23.1 Å². The highest BCUT2D eigenvalue weighted by molar-refractivity contribution is 6.32. The van der Waals surface area contributed by atoms with Gasteiger partial charge in [-0.25, -0.2) is 13.6 Å². The first-order valence-electron chi connectivity index (χ1n) is 9.61. The third kappa shape index (κ3) is 3.67. The molecule has 4 aliphatic carbocycles. The van der Waals surface area contributed by atoms with Gasteiger partial charge in [0.1, 0.15) is 28.9 Å². The van der Waals surface area contributed by atoms with Crippen molar-refractivity contribution in [1.82, 2.24) is 0 Å². The van der Waals surface area contributed by atoms with E-state index in [1.807, 2.05) is 0 Å². The quantitative estimate of drug-likeness (QED) is 0.610. The van der Waals surface area contributed by atoms with Crippen LogP contribution < -0.4 is 4.74 Å². The highest BCUT2D eigenvalue weighted by atomic mass is 35.5. The second-order valence-corrected chi connectivity index (χ2v) is 9.87. The summed E-state index contributed by atoms with van der Waals surface area (Å²) >= 11 is 6.28. The third-order valence-corrected chi connectivity index (χ3v) is 6.31. The summed E-state index contributed by atoms with van der Waals surface area (Å²) in [6, 6.07) is 2.41. The lowest BCUT2D eigenvalue weighted by Gasteiger charge is -2.56. The molecule has 0 aliphatic heterocycles. The lowest BCUT2D eigenvalue weighted by atomic mass is 9.53. The molecule has 148 valence electrons. The fourth-order valence-electron chi connectivity index (χ4n) is 5.33. The summed E-state index contributed by atoms with van der Waals surface area (Å²) in [4.78, 5) is 12.2. The highest BCUT2D eigenvalue weighted by Crippen LogP contribution is 2.58. The fraction of sp³-hybridized carbons (Fsp3) is 0.667. The van der Waals surface area contributed by atoms with Crippen molar-refractivity contribution in [2.75, 3.05) is 0 Å². The molecule has 0 aromatic heterocycles. The zero-order valence-electron chi connectivity index (χ0n) is 15.9. The van der Waals surface area contributed by atoms with Gasteiger partial charge in [0, 0.05) is 6.07 Å². The minimum Gasteiger partial charge on any atom is -0.488 e. The van der Waals surface area contributed by atoms with E-state index in [9.17, 15) is 13.6 Å². The number of ether oxygens (including phenoxy) is 2. The van der Waals surface area contributed by atoms with E-state index in [-0.39, 0.29) is 34.3 Å². The molecule has 2 unspecified atom stereocenters. The van der Waals surface area contributed by atoms with E-state index >= 15 is 0 Å². The smallest absolute Gasteiger partial charge is 0.341 e. The Labute approximate surface area is 163 Å². The van der Waals surface area contributed by atoms with E-state index in [0.717, 1.165) is 18.9 Å². The van der Waals surface area contributed by atoms with Crippen molar-refractivity contribution in [3.05, 3.63) is 28.5 Å². The fourth-order valence-corrected chi connectivity index (χ4v) is 5.53. The summed E-state index contributed by atoms with van der Waals surface area (Å²) in [6.45, 7) is 5.14. The molecule has 1 aromatic carbocycles. The van der Waals surface area contributed by atoms with Gasteiger partial charge in [0.05, 0.1) is 10.6 Å². The maximum atomic E-state index is 14.8. The Morgan fingerprint density at radius 1 is 1.19 bits per heavy atom. The number of alkyl halides is 1. The Morgan fingerprint density at radius 2 is 1.81 bits per heavy atom. The van der Waals surface area contributed by atoms with Gasteiger partial charge in [0.25, 0.3) is 0 Å². The predicted octanol–water partition coefficient (Wildman–Crippen LogP) is 5.73. The van der Waals surface area contributed by atoms with E-state index in [0.29, 0.717) is 25.2 Å². The van der Waals surface area contributed by atoms with E-state index in [4.69, 9.17) is 21.1 Å². The van der Waals surface area contributed by atoms with Crippen molar-refractivity contribution in [1.29, 1.82) is 0 Å². The van der Waals surface area contributed by atoms with Crippen LogP contribution in [0.3, 0.4) is 0 Å². The van der Waals surface area contributed by atoms with Crippen LogP contribution in [0.4, 0.5) is 8.78 Å². The molecule has 4 bridgehead atoms. The van der Waals surface area contributed by atoms with Gasteiger partial charge in [-0.1, -0.05) is 11.6 Å². The van der Waals surface area contributed by atoms with Crippen molar-refractivity contribution in [2.24, 2.45) is 17.8 Å². The van der Waals surface area contributed by atoms with Gasteiger partial charge in [-0.2, -0.15) is 0 Å². The van der Waals surface area contributed by atoms with Gasteiger partial charge in [0.15, 0.2) is 0 Å². The van der Waals surface area contributed by atoms with Crippen LogP contribution in [0.5, 0.6) is 5.75 Å². The number of hydrogen-bond acceptors (Lipinski definition) is 3. The monoisotopic (exact) mass is 398 g/mol. The topological polar surface area (TPSA) is 35.5 Å². The number of esters is 1. The lowest BCUT2D eigenvalue weighted by molar-refractivity contribution is -0.134. The molecular formula is C21H25ClF2O3. The first kappa shape index (κ1) is 19.0. The molecule has 6 heteroatoms. The molecule has 0 radical (unpaired) electrons. The number of hydrogen-bond donors (Lipinski definition) is 0. The van der Waals surface area contributed by atoms with E-state index in [1.165, 1.54) is 6.07 Å². The molecule has 0 saturated heterocycles. The van der Waals surface area contributed by atoms with Gasteiger partial charge in [0.2, 0.25) is 0 Å². The van der Waals surface area contributed by atoms with Crippen molar-refractivity contribution >= 4 is 17.6 Å². The molecule has 4 saturated carbocycles.